The third kappa shape index (κ3) is 2.72. The van der Waals surface area contributed by atoms with E-state index in [2.05, 4.69) is 9.97 Å². The third-order valence-electron chi connectivity index (χ3n) is 3.27. The van der Waals surface area contributed by atoms with E-state index in [1.165, 1.54) is 0 Å². The van der Waals surface area contributed by atoms with Crippen molar-refractivity contribution < 1.29 is 8.78 Å². The van der Waals surface area contributed by atoms with Gasteiger partial charge in [-0.2, -0.15) is 0 Å². The number of aromatic nitrogens is 2. The molecular formula is C14H12ClF2N3. The van der Waals surface area contributed by atoms with Gasteiger partial charge in [-0.1, -0.05) is 17.7 Å². The van der Waals surface area contributed by atoms with Crippen molar-refractivity contribution in [2.75, 3.05) is 18.0 Å². The van der Waals surface area contributed by atoms with Crippen LogP contribution in [-0.4, -0.2) is 29.0 Å². The molecule has 0 unspecified atom stereocenters. The lowest BCUT2D eigenvalue weighted by Crippen LogP contribution is -2.25. The van der Waals surface area contributed by atoms with Crippen molar-refractivity contribution in [3.05, 3.63) is 41.8 Å². The molecular weight excluding hydrogens is 284 g/mol. The summed E-state index contributed by atoms with van der Waals surface area (Å²) in [7, 11) is 0. The van der Waals surface area contributed by atoms with Gasteiger partial charge in [0.05, 0.1) is 6.54 Å². The average molecular weight is 296 g/mol. The zero-order valence-electron chi connectivity index (χ0n) is 10.6. The molecule has 0 bridgehead atoms. The Kier molecular flexibility index (Phi) is 3.30. The first-order valence-corrected chi connectivity index (χ1v) is 6.62. The van der Waals surface area contributed by atoms with Gasteiger partial charge >= 0.3 is 0 Å². The molecule has 3 rings (SSSR count). The van der Waals surface area contributed by atoms with Gasteiger partial charge in [-0.3, -0.25) is 4.98 Å². The zero-order chi connectivity index (χ0) is 14.2. The van der Waals surface area contributed by atoms with Gasteiger partial charge in [0.25, 0.3) is 5.92 Å². The van der Waals surface area contributed by atoms with Crippen LogP contribution in [0.15, 0.2) is 36.7 Å². The molecule has 0 aliphatic carbocycles. The van der Waals surface area contributed by atoms with Crippen LogP contribution < -0.4 is 4.90 Å². The number of hydrogen-bond donors (Lipinski definition) is 0. The van der Waals surface area contributed by atoms with Crippen LogP contribution in [-0.2, 0) is 0 Å². The standard InChI is InChI=1S/C14H12ClF2N3/c15-12-6-11(10-2-1-4-18-8-10)7-13(19-12)20-5-3-14(16,17)9-20/h1-2,4,6-8H,3,5,9H2. The van der Waals surface area contributed by atoms with Gasteiger partial charge in [0.2, 0.25) is 0 Å². The molecule has 0 aromatic carbocycles. The Morgan fingerprint density at radius 2 is 2.10 bits per heavy atom. The molecule has 3 nitrogen and oxygen atoms in total. The van der Waals surface area contributed by atoms with E-state index < -0.39 is 5.92 Å². The van der Waals surface area contributed by atoms with Crippen molar-refractivity contribution in [3.8, 4) is 11.1 Å². The number of alkyl halides is 2. The van der Waals surface area contributed by atoms with Crippen LogP contribution in [0.4, 0.5) is 14.6 Å². The molecule has 2 aromatic rings. The molecule has 0 N–H and O–H groups in total. The maximum atomic E-state index is 13.3. The lowest BCUT2D eigenvalue weighted by molar-refractivity contribution is 0.0256. The molecule has 1 aliphatic heterocycles. The molecule has 1 fully saturated rings. The van der Waals surface area contributed by atoms with Crippen molar-refractivity contribution in [3.63, 3.8) is 0 Å². The normalized spacial score (nSPS) is 17.4. The van der Waals surface area contributed by atoms with Crippen LogP contribution in [0.2, 0.25) is 5.15 Å². The predicted molar refractivity (Wildman–Crippen MR) is 74.3 cm³/mol. The van der Waals surface area contributed by atoms with Gasteiger partial charge in [0, 0.05) is 30.9 Å². The monoisotopic (exact) mass is 295 g/mol. The highest BCUT2D eigenvalue weighted by molar-refractivity contribution is 6.29. The lowest BCUT2D eigenvalue weighted by atomic mass is 10.1. The minimum Gasteiger partial charge on any atom is -0.350 e. The van der Waals surface area contributed by atoms with E-state index in [0.29, 0.717) is 5.82 Å². The lowest BCUT2D eigenvalue weighted by Gasteiger charge is -2.18. The Balaban J connectivity index is 1.96. The Bertz CT molecular complexity index is 619. The van der Waals surface area contributed by atoms with Crippen LogP contribution in [0.1, 0.15) is 6.42 Å². The number of anilines is 1. The highest BCUT2D eigenvalue weighted by Crippen LogP contribution is 2.32. The maximum Gasteiger partial charge on any atom is 0.266 e. The molecule has 104 valence electrons. The molecule has 0 atom stereocenters. The summed E-state index contributed by atoms with van der Waals surface area (Å²) in [5, 5.41) is 0.288. The summed E-state index contributed by atoms with van der Waals surface area (Å²) in [6.45, 7) is -0.0281. The number of hydrogen-bond acceptors (Lipinski definition) is 3. The summed E-state index contributed by atoms with van der Waals surface area (Å²) < 4.78 is 26.6. The fraction of sp³-hybridized carbons (Fsp3) is 0.286. The predicted octanol–water partition coefficient (Wildman–Crippen LogP) is 3.64. The van der Waals surface area contributed by atoms with Crippen LogP contribution in [0.5, 0.6) is 0 Å². The van der Waals surface area contributed by atoms with E-state index in [9.17, 15) is 8.78 Å². The number of nitrogens with zero attached hydrogens (tertiary/aromatic N) is 3. The van der Waals surface area contributed by atoms with Gasteiger partial charge in [0.15, 0.2) is 0 Å². The topological polar surface area (TPSA) is 29.0 Å². The Morgan fingerprint density at radius 3 is 2.75 bits per heavy atom. The van der Waals surface area contributed by atoms with Crippen molar-refractivity contribution in [1.29, 1.82) is 0 Å². The summed E-state index contributed by atoms with van der Waals surface area (Å²) in [5.41, 5.74) is 1.70. The van der Waals surface area contributed by atoms with E-state index in [1.54, 1.807) is 29.4 Å². The molecule has 0 radical (unpaired) electrons. The largest absolute Gasteiger partial charge is 0.350 e. The number of pyridine rings is 2. The van der Waals surface area contributed by atoms with Gasteiger partial charge in [-0.05, 0) is 23.8 Å². The summed E-state index contributed by atoms with van der Waals surface area (Å²) >= 11 is 6.00. The van der Waals surface area contributed by atoms with Crippen LogP contribution in [0.3, 0.4) is 0 Å². The molecule has 6 heteroatoms. The fourth-order valence-corrected chi connectivity index (χ4v) is 2.48. The molecule has 0 spiro atoms. The molecule has 0 amide bonds. The van der Waals surface area contributed by atoms with Crippen molar-refractivity contribution in [1.82, 2.24) is 9.97 Å². The third-order valence-corrected chi connectivity index (χ3v) is 3.46. The molecule has 20 heavy (non-hydrogen) atoms. The van der Waals surface area contributed by atoms with Gasteiger partial charge in [-0.15, -0.1) is 0 Å². The summed E-state index contributed by atoms with van der Waals surface area (Å²) in [6, 6.07) is 7.18. The zero-order valence-corrected chi connectivity index (χ0v) is 11.3. The van der Waals surface area contributed by atoms with E-state index in [-0.39, 0.29) is 24.7 Å². The summed E-state index contributed by atoms with van der Waals surface area (Å²) in [5.74, 6) is -2.17. The highest BCUT2D eigenvalue weighted by atomic mass is 35.5. The molecule has 1 aliphatic rings. The fourth-order valence-electron chi connectivity index (χ4n) is 2.28. The highest BCUT2D eigenvalue weighted by Gasteiger charge is 2.38. The SMILES string of the molecule is FC1(F)CCN(c2cc(-c3cccnc3)cc(Cl)n2)C1. The second kappa shape index (κ2) is 4.98. The number of halogens is 3. The molecule has 0 saturated carbocycles. The first-order valence-electron chi connectivity index (χ1n) is 6.24. The number of rotatable bonds is 2. The first-order chi connectivity index (χ1) is 9.53. The maximum absolute atomic E-state index is 13.3. The van der Waals surface area contributed by atoms with Crippen molar-refractivity contribution in [2.45, 2.75) is 12.3 Å². The first kappa shape index (κ1) is 13.2. The minimum absolute atomic E-state index is 0.149. The summed E-state index contributed by atoms with van der Waals surface area (Å²) in [6.07, 6.45) is 3.23. The summed E-state index contributed by atoms with van der Waals surface area (Å²) in [4.78, 5) is 9.75. The van der Waals surface area contributed by atoms with E-state index in [1.807, 2.05) is 12.1 Å². The van der Waals surface area contributed by atoms with E-state index in [4.69, 9.17) is 11.6 Å². The minimum atomic E-state index is -2.65. The average Bonchev–Trinajstić information content (AvgIpc) is 2.79. The Labute approximate surface area is 120 Å². The van der Waals surface area contributed by atoms with E-state index in [0.717, 1.165) is 11.1 Å². The van der Waals surface area contributed by atoms with Crippen molar-refractivity contribution >= 4 is 17.4 Å². The Morgan fingerprint density at radius 1 is 1.25 bits per heavy atom. The second-order valence-electron chi connectivity index (χ2n) is 4.81. The molecule has 3 heterocycles. The van der Waals surface area contributed by atoms with Gasteiger partial charge in [0.1, 0.15) is 11.0 Å². The van der Waals surface area contributed by atoms with Gasteiger partial charge < -0.3 is 4.90 Å². The van der Waals surface area contributed by atoms with E-state index >= 15 is 0 Å². The smallest absolute Gasteiger partial charge is 0.266 e. The van der Waals surface area contributed by atoms with Crippen LogP contribution in [0, 0.1) is 0 Å². The second-order valence-corrected chi connectivity index (χ2v) is 5.19. The molecule has 1 saturated heterocycles. The van der Waals surface area contributed by atoms with Gasteiger partial charge in [-0.25, -0.2) is 13.8 Å². The Hall–Kier alpha value is -1.75. The van der Waals surface area contributed by atoms with Crippen LogP contribution >= 0.6 is 11.6 Å². The quantitative estimate of drug-likeness (QED) is 0.792. The van der Waals surface area contributed by atoms with Crippen molar-refractivity contribution in [2.24, 2.45) is 0 Å². The van der Waals surface area contributed by atoms with Crippen LogP contribution in [0.25, 0.3) is 11.1 Å². The molecule has 2 aromatic heterocycles.